The van der Waals surface area contributed by atoms with Crippen molar-refractivity contribution in [1.29, 1.82) is 0 Å². The lowest BCUT2D eigenvalue weighted by atomic mass is 9.85. The van der Waals surface area contributed by atoms with Gasteiger partial charge in [-0.2, -0.15) is 5.10 Å². The molecule has 216 valence electrons. The number of fused-ring (bicyclic) bond motifs is 2. The zero-order chi connectivity index (χ0) is 28.0. The van der Waals surface area contributed by atoms with Crippen molar-refractivity contribution in [3.63, 3.8) is 0 Å². The van der Waals surface area contributed by atoms with Crippen LogP contribution in [0.15, 0.2) is 24.7 Å². The van der Waals surface area contributed by atoms with Gasteiger partial charge in [-0.3, -0.25) is 9.48 Å². The van der Waals surface area contributed by atoms with Crippen LogP contribution in [0.4, 0.5) is 5.95 Å². The van der Waals surface area contributed by atoms with Crippen LogP contribution in [0.3, 0.4) is 0 Å². The third-order valence-corrected chi connectivity index (χ3v) is 9.46. The number of amides is 1. The summed E-state index contributed by atoms with van der Waals surface area (Å²) in [7, 11) is 1.68. The largest absolute Gasteiger partial charge is 0.393 e. The molecule has 3 fully saturated rings. The fraction of sp³-hybridized carbons (Fsp3) is 0.667. The molecule has 2 aliphatic carbocycles. The van der Waals surface area contributed by atoms with Crippen molar-refractivity contribution in [3.05, 3.63) is 30.4 Å². The van der Waals surface area contributed by atoms with Crippen LogP contribution in [-0.2, 0) is 15.1 Å². The van der Waals surface area contributed by atoms with Crippen LogP contribution < -0.4 is 5.32 Å². The molecule has 0 spiro atoms. The summed E-state index contributed by atoms with van der Waals surface area (Å²) >= 11 is 0. The molecule has 1 saturated heterocycles. The zero-order valence-corrected chi connectivity index (χ0v) is 24.2. The molecule has 1 aliphatic heterocycles. The SMILES string of the molecule is COC[C@H](C)Nc1ncc2c(-c3cnn(C(C)(C)C(=O)N4C[C@H]5CCC[C@H]5C4)c3)cc(C3CCC(O)CC3)n2n1. The fourth-order valence-electron chi connectivity index (χ4n) is 7.14. The first-order chi connectivity index (χ1) is 19.2. The van der Waals surface area contributed by atoms with Crippen LogP contribution >= 0.6 is 0 Å². The molecule has 6 rings (SSSR count). The molecule has 0 aromatic carbocycles. The van der Waals surface area contributed by atoms with E-state index in [0.717, 1.165) is 61.1 Å². The fourth-order valence-corrected chi connectivity index (χ4v) is 7.14. The molecular weight excluding hydrogens is 506 g/mol. The van der Waals surface area contributed by atoms with Crippen molar-refractivity contribution in [3.8, 4) is 11.1 Å². The van der Waals surface area contributed by atoms with Gasteiger partial charge in [0.1, 0.15) is 5.54 Å². The van der Waals surface area contributed by atoms with Gasteiger partial charge in [-0.15, -0.1) is 5.10 Å². The predicted octanol–water partition coefficient (Wildman–Crippen LogP) is 4.05. The van der Waals surface area contributed by atoms with E-state index in [0.29, 0.717) is 30.3 Å². The van der Waals surface area contributed by atoms with Gasteiger partial charge < -0.3 is 20.1 Å². The maximum atomic E-state index is 13.7. The Hall–Kier alpha value is -2.98. The second-order valence-electron chi connectivity index (χ2n) is 12.8. The number of aliphatic hydroxyl groups is 1. The number of carbonyl (C=O) groups excluding carboxylic acids is 1. The molecule has 4 heterocycles. The Balaban J connectivity index is 1.31. The second-order valence-corrected chi connectivity index (χ2v) is 12.8. The number of nitrogens with zero attached hydrogens (tertiary/aromatic N) is 6. The number of anilines is 1. The summed E-state index contributed by atoms with van der Waals surface area (Å²) in [6, 6.07) is 2.27. The minimum atomic E-state index is -0.778. The Morgan fingerprint density at radius 2 is 1.88 bits per heavy atom. The molecule has 3 atom stereocenters. The van der Waals surface area contributed by atoms with E-state index in [9.17, 15) is 9.90 Å². The highest BCUT2D eigenvalue weighted by Gasteiger charge is 2.43. The third-order valence-electron chi connectivity index (χ3n) is 9.46. The number of hydrogen-bond donors (Lipinski definition) is 2. The summed E-state index contributed by atoms with van der Waals surface area (Å²) in [4.78, 5) is 20.4. The molecule has 2 N–H and O–H groups in total. The molecule has 0 radical (unpaired) electrons. The molecule has 3 aromatic heterocycles. The lowest BCUT2D eigenvalue weighted by Gasteiger charge is -2.30. The first-order valence-electron chi connectivity index (χ1n) is 14.9. The second kappa shape index (κ2) is 10.8. The summed E-state index contributed by atoms with van der Waals surface area (Å²) in [6.45, 7) is 8.28. The minimum absolute atomic E-state index is 0.0685. The summed E-state index contributed by atoms with van der Waals surface area (Å²) in [5.74, 6) is 2.32. The quantitative estimate of drug-likeness (QED) is 0.436. The van der Waals surface area contributed by atoms with Gasteiger partial charge >= 0.3 is 0 Å². The standard InChI is InChI=1S/C30H43N7O3/c1-19(18-40-4)33-29-31-14-27-25(12-26(37(27)34-29)20-8-10-24(38)11-9-20)23-13-32-36(17-23)30(2,3)28(39)35-15-21-6-5-7-22(21)16-35/h12-14,17,19-22,24,38H,5-11,15-16,18H2,1-4H3,(H,33,34)/t19-,20?,21-,22+,24?/m0/s1. The Morgan fingerprint density at radius 1 is 1.15 bits per heavy atom. The van der Waals surface area contributed by atoms with E-state index in [2.05, 4.69) is 21.3 Å². The van der Waals surface area contributed by atoms with E-state index in [4.69, 9.17) is 14.9 Å². The van der Waals surface area contributed by atoms with Crippen LogP contribution in [0, 0.1) is 11.8 Å². The summed E-state index contributed by atoms with van der Waals surface area (Å²) in [5, 5.41) is 23.0. The third kappa shape index (κ3) is 5.00. The van der Waals surface area contributed by atoms with E-state index in [1.54, 1.807) is 7.11 Å². The maximum Gasteiger partial charge on any atom is 0.249 e. The molecule has 0 unspecified atom stereocenters. The van der Waals surface area contributed by atoms with Crippen LogP contribution in [0.1, 0.15) is 77.3 Å². The van der Waals surface area contributed by atoms with E-state index in [-0.39, 0.29) is 18.1 Å². The Bertz CT molecular complexity index is 1340. The molecule has 40 heavy (non-hydrogen) atoms. The van der Waals surface area contributed by atoms with Crippen molar-refractivity contribution in [1.82, 2.24) is 29.3 Å². The molecule has 0 bridgehead atoms. The number of nitrogens with one attached hydrogen (secondary N) is 1. The topological polar surface area (TPSA) is 110 Å². The Morgan fingerprint density at radius 3 is 2.58 bits per heavy atom. The summed E-state index contributed by atoms with van der Waals surface area (Å²) < 4.78 is 9.09. The van der Waals surface area contributed by atoms with Gasteiger partial charge in [0.25, 0.3) is 0 Å². The lowest BCUT2D eigenvalue weighted by molar-refractivity contribution is -0.139. The molecule has 2 saturated carbocycles. The number of aromatic nitrogens is 5. The van der Waals surface area contributed by atoms with Gasteiger partial charge in [-0.25, -0.2) is 9.50 Å². The van der Waals surface area contributed by atoms with Crippen molar-refractivity contribution in [2.24, 2.45) is 11.8 Å². The maximum absolute atomic E-state index is 13.7. The highest BCUT2D eigenvalue weighted by molar-refractivity contribution is 5.85. The normalized spacial score (nSPS) is 25.9. The molecule has 10 nitrogen and oxygen atoms in total. The molecule has 3 aliphatic rings. The number of likely N-dealkylation sites (tertiary alicyclic amines) is 1. The van der Waals surface area contributed by atoms with Crippen LogP contribution in [0.5, 0.6) is 0 Å². The van der Waals surface area contributed by atoms with E-state index in [1.807, 2.05) is 48.6 Å². The van der Waals surface area contributed by atoms with Gasteiger partial charge in [0.15, 0.2) is 0 Å². The van der Waals surface area contributed by atoms with Crippen LogP contribution in [-0.4, -0.2) is 79.2 Å². The van der Waals surface area contributed by atoms with E-state index in [1.165, 1.54) is 19.3 Å². The number of rotatable bonds is 8. The highest BCUT2D eigenvalue weighted by atomic mass is 16.5. The van der Waals surface area contributed by atoms with Gasteiger partial charge in [0.05, 0.1) is 30.6 Å². The van der Waals surface area contributed by atoms with E-state index < -0.39 is 5.54 Å². The Kier molecular flexibility index (Phi) is 7.33. The molecule has 1 amide bonds. The van der Waals surface area contributed by atoms with Crippen LogP contribution in [0.25, 0.3) is 16.6 Å². The smallest absolute Gasteiger partial charge is 0.249 e. The average Bonchev–Trinajstić information content (AvgIpc) is 3.71. The summed E-state index contributed by atoms with van der Waals surface area (Å²) in [6.07, 6.45) is 12.7. The average molecular weight is 550 g/mol. The Labute approximate surface area is 236 Å². The van der Waals surface area contributed by atoms with Crippen molar-refractivity contribution >= 4 is 17.4 Å². The van der Waals surface area contributed by atoms with Gasteiger partial charge in [0, 0.05) is 55.2 Å². The van der Waals surface area contributed by atoms with Gasteiger partial charge in [0.2, 0.25) is 11.9 Å². The van der Waals surface area contributed by atoms with Crippen molar-refractivity contribution in [2.45, 2.75) is 89.3 Å². The molecule has 3 aromatic rings. The number of methoxy groups -OCH3 is 1. The van der Waals surface area contributed by atoms with Gasteiger partial charge in [-0.1, -0.05) is 6.42 Å². The lowest BCUT2D eigenvalue weighted by Crippen LogP contribution is -2.46. The number of hydrogen-bond acceptors (Lipinski definition) is 7. The monoisotopic (exact) mass is 549 g/mol. The number of carbonyl (C=O) groups is 1. The number of ether oxygens (including phenoxy) is 1. The van der Waals surface area contributed by atoms with Crippen LogP contribution in [0.2, 0.25) is 0 Å². The first kappa shape index (κ1) is 27.2. The van der Waals surface area contributed by atoms with Crippen molar-refractivity contribution < 1.29 is 14.6 Å². The van der Waals surface area contributed by atoms with Gasteiger partial charge in [-0.05, 0) is 77.2 Å². The first-order valence-corrected chi connectivity index (χ1v) is 14.9. The van der Waals surface area contributed by atoms with E-state index >= 15 is 0 Å². The number of aliphatic hydroxyl groups excluding tert-OH is 1. The predicted molar refractivity (Wildman–Crippen MR) is 153 cm³/mol. The molecule has 10 heteroatoms. The summed E-state index contributed by atoms with van der Waals surface area (Å²) in [5.41, 5.74) is 3.19. The van der Waals surface area contributed by atoms with Crippen molar-refractivity contribution in [2.75, 3.05) is 32.1 Å². The zero-order valence-electron chi connectivity index (χ0n) is 24.2. The highest BCUT2D eigenvalue weighted by Crippen LogP contribution is 2.40. The molecular formula is C30H43N7O3. The minimum Gasteiger partial charge on any atom is -0.393 e.